The number of hydrogen-bond acceptors (Lipinski definition) is 5. The molecule has 7 nitrogen and oxygen atoms in total. The fourth-order valence-corrected chi connectivity index (χ4v) is 4.23. The first-order valence-corrected chi connectivity index (χ1v) is 12.2. The molecule has 0 radical (unpaired) electrons. The van der Waals surface area contributed by atoms with E-state index >= 15 is 0 Å². The van der Waals surface area contributed by atoms with Crippen molar-refractivity contribution >= 4 is 50.0 Å². The summed E-state index contributed by atoms with van der Waals surface area (Å²) in [4.78, 5) is 15.1. The predicted molar refractivity (Wildman–Crippen MR) is 136 cm³/mol. The van der Waals surface area contributed by atoms with Gasteiger partial charge in [-0.2, -0.15) is 0 Å². The molecule has 0 saturated carbocycles. The molecule has 1 aliphatic rings. The normalized spacial score (nSPS) is 14.3. The lowest BCUT2D eigenvalue weighted by Crippen LogP contribution is -2.14. The predicted octanol–water partition coefficient (Wildman–Crippen LogP) is 4.45. The van der Waals surface area contributed by atoms with Gasteiger partial charge in [-0.15, -0.1) is 0 Å². The Labute approximate surface area is 194 Å². The Morgan fingerprint density at radius 1 is 0.939 bits per heavy atom. The first kappa shape index (κ1) is 22.4. The van der Waals surface area contributed by atoms with E-state index in [1.165, 1.54) is 0 Å². The van der Waals surface area contributed by atoms with Gasteiger partial charge in [-0.1, -0.05) is 30.3 Å². The lowest BCUT2D eigenvalue weighted by molar-refractivity contribution is -0.110. The molecule has 3 aromatic rings. The number of amides is 1. The van der Waals surface area contributed by atoms with Crippen LogP contribution in [0.4, 0.5) is 22.7 Å². The van der Waals surface area contributed by atoms with Gasteiger partial charge in [0.1, 0.15) is 0 Å². The lowest BCUT2D eigenvalue weighted by Gasteiger charge is -2.17. The molecule has 0 fully saturated rings. The molecular weight excluding hydrogens is 436 g/mol. The van der Waals surface area contributed by atoms with E-state index in [1.807, 2.05) is 73.6 Å². The Kier molecular flexibility index (Phi) is 6.11. The summed E-state index contributed by atoms with van der Waals surface area (Å²) in [7, 11) is 0.508. The van der Waals surface area contributed by atoms with Crippen LogP contribution in [0.25, 0.3) is 11.3 Å². The third-order valence-electron chi connectivity index (χ3n) is 5.38. The molecule has 8 heteroatoms. The van der Waals surface area contributed by atoms with Crippen LogP contribution < -0.4 is 20.3 Å². The molecule has 0 aliphatic carbocycles. The second-order valence-corrected chi connectivity index (χ2v) is 9.91. The van der Waals surface area contributed by atoms with Gasteiger partial charge in [-0.3, -0.25) is 9.52 Å². The minimum absolute atomic E-state index is 0.0380. The Morgan fingerprint density at radius 3 is 2.24 bits per heavy atom. The number of nitrogens with one attached hydrogen (secondary N) is 3. The average molecular weight is 463 g/mol. The van der Waals surface area contributed by atoms with Crippen LogP contribution in [0, 0.1) is 0 Å². The van der Waals surface area contributed by atoms with Crippen LogP contribution in [0.3, 0.4) is 0 Å². The molecule has 0 spiro atoms. The fourth-order valence-electron chi connectivity index (χ4n) is 3.60. The van der Waals surface area contributed by atoms with Crippen molar-refractivity contribution in [2.75, 3.05) is 40.1 Å². The van der Waals surface area contributed by atoms with Crippen molar-refractivity contribution in [3.8, 4) is 0 Å². The highest BCUT2D eigenvalue weighted by atomic mass is 32.2. The molecule has 1 aliphatic heterocycles. The maximum Gasteiger partial charge on any atom is 0.258 e. The monoisotopic (exact) mass is 462 g/mol. The van der Waals surface area contributed by atoms with Crippen molar-refractivity contribution < 1.29 is 13.2 Å². The Bertz CT molecular complexity index is 1320. The standard InChI is InChI=1S/C25H26N4O3S/c1-4-33(31,32)28-19-12-15-22-21(16-19)23(25(30)27-22)24(17-8-6-5-7-9-17)26-18-10-13-20(14-11-18)29(2)3/h5-16,26,28H,4H2,1-3H3,(H,27,30). The van der Waals surface area contributed by atoms with Crippen LogP contribution in [0.2, 0.25) is 0 Å². The number of sulfonamides is 1. The van der Waals surface area contributed by atoms with Crippen molar-refractivity contribution in [1.82, 2.24) is 0 Å². The number of carbonyl (C=O) groups is 1. The van der Waals surface area contributed by atoms with Crippen molar-refractivity contribution in [1.29, 1.82) is 0 Å². The van der Waals surface area contributed by atoms with Crippen molar-refractivity contribution in [2.45, 2.75) is 6.92 Å². The van der Waals surface area contributed by atoms with Gasteiger partial charge in [0.2, 0.25) is 10.0 Å². The van der Waals surface area contributed by atoms with E-state index in [1.54, 1.807) is 25.1 Å². The first-order chi connectivity index (χ1) is 15.8. The van der Waals surface area contributed by atoms with Crippen molar-refractivity contribution in [3.05, 3.63) is 83.9 Å². The molecule has 3 N–H and O–H groups in total. The highest BCUT2D eigenvalue weighted by Crippen LogP contribution is 2.39. The molecule has 1 heterocycles. The van der Waals surface area contributed by atoms with Gasteiger partial charge in [0.15, 0.2) is 0 Å². The zero-order chi connectivity index (χ0) is 23.6. The van der Waals surface area contributed by atoms with E-state index in [4.69, 9.17) is 0 Å². The minimum atomic E-state index is -3.44. The van der Waals surface area contributed by atoms with Crippen molar-refractivity contribution in [2.24, 2.45) is 0 Å². The molecule has 170 valence electrons. The van der Waals surface area contributed by atoms with E-state index in [0.29, 0.717) is 28.2 Å². The smallest absolute Gasteiger partial charge is 0.258 e. The molecule has 0 saturated heterocycles. The summed E-state index contributed by atoms with van der Waals surface area (Å²) in [6.07, 6.45) is 0. The van der Waals surface area contributed by atoms with Gasteiger partial charge in [0.05, 0.1) is 17.0 Å². The molecule has 0 atom stereocenters. The van der Waals surface area contributed by atoms with Crippen LogP contribution in [-0.4, -0.2) is 34.2 Å². The van der Waals surface area contributed by atoms with Gasteiger partial charge in [-0.25, -0.2) is 8.42 Å². The fraction of sp³-hybridized carbons (Fsp3) is 0.160. The van der Waals surface area contributed by atoms with Gasteiger partial charge >= 0.3 is 0 Å². The number of benzene rings is 3. The highest BCUT2D eigenvalue weighted by Gasteiger charge is 2.29. The Morgan fingerprint density at radius 2 is 1.61 bits per heavy atom. The molecule has 0 aromatic heterocycles. The minimum Gasteiger partial charge on any atom is -0.378 e. The largest absolute Gasteiger partial charge is 0.378 e. The molecule has 4 rings (SSSR count). The summed E-state index contributed by atoms with van der Waals surface area (Å²) in [6, 6.07) is 22.5. The van der Waals surface area contributed by atoms with Gasteiger partial charge < -0.3 is 15.5 Å². The second-order valence-electron chi connectivity index (χ2n) is 7.90. The number of rotatable bonds is 7. The molecular formula is C25H26N4O3S. The van der Waals surface area contributed by atoms with E-state index < -0.39 is 10.0 Å². The zero-order valence-corrected chi connectivity index (χ0v) is 19.5. The summed E-state index contributed by atoms with van der Waals surface area (Å²) >= 11 is 0. The first-order valence-electron chi connectivity index (χ1n) is 10.6. The van der Waals surface area contributed by atoms with E-state index in [0.717, 1.165) is 16.9 Å². The zero-order valence-electron chi connectivity index (χ0n) is 18.7. The van der Waals surface area contributed by atoms with Gasteiger partial charge in [0, 0.05) is 42.4 Å². The second kappa shape index (κ2) is 8.99. The maximum absolute atomic E-state index is 13.1. The quantitative estimate of drug-likeness (QED) is 0.452. The molecule has 0 unspecified atom stereocenters. The number of hydrogen-bond donors (Lipinski definition) is 3. The third-order valence-corrected chi connectivity index (χ3v) is 6.69. The summed E-state index contributed by atoms with van der Waals surface area (Å²) in [6.45, 7) is 1.57. The number of carbonyl (C=O) groups excluding carboxylic acids is 1. The number of nitrogens with zero attached hydrogens (tertiary/aromatic N) is 1. The maximum atomic E-state index is 13.1. The van der Waals surface area contributed by atoms with Crippen LogP contribution >= 0.6 is 0 Å². The SMILES string of the molecule is CCS(=O)(=O)Nc1ccc2c(c1)C(=C(Nc1ccc(N(C)C)cc1)c1ccccc1)C(=O)N2. The van der Waals surface area contributed by atoms with Gasteiger partial charge in [-0.05, 0) is 55.0 Å². The van der Waals surface area contributed by atoms with Crippen LogP contribution in [-0.2, 0) is 14.8 Å². The number of anilines is 4. The van der Waals surface area contributed by atoms with Crippen molar-refractivity contribution in [3.63, 3.8) is 0 Å². The lowest BCUT2D eigenvalue weighted by atomic mass is 9.99. The van der Waals surface area contributed by atoms with E-state index in [2.05, 4.69) is 15.4 Å². The van der Waals surface area contributed by atoms with E-state index in [-0.39, 0.29) is 11.7 Å². The third kappa shape index (κ3) is 4.85. The molecule has 0 bridgehead atoms. The summed E-state index contributed by atoms with van der Waals surface area (Å²) in [5.74, 6) is -0.291. The Hall–Kier alpha value is -3.78. The topological polar surface area (TPSA) is 90.5 Å². The van der Waals surface area contributed by atoms with E-state index in [9.17, 15) is 13.2 Å². The molecule has 33 heavy (non-hydrogen) atoms. The van der Waals surface area contributed by atoms with Gasteiger partial charge in [0.25, 0.3) is 5.91 Å². The molecule has 3 aromatic carbocycles. The van der Waals surface area contributed by atoms with Crippen LogP contribution in [0.15, 0.2) is 72.8 Å². The average Bonchev–Trinajstić information content (AvgIpc) is 3.13. The summed E-state index contributed by atoms with van der Waals surface area (Å²) < 4.78 is 26.7. The van der Waals surface area contributed by atoms with Crippen LogP contribution in [0.1, 0.15) is 18.1 Å². The highest BCUT2D eigenvalue weighted by molar-refractivity contribution is 7.92. The summed E-state index contributed by atoms with van der Waals surface area (Å²) in [5, 5.41) is 6.31. The number of fused-ring (bicyclic) bond motifs is 1. The Balaban J connectivity index is 1.83. The van der Waals surface area contributed by atoms with Crippen LogP contribution in [0.5, 0.6) is 0 Å². The summed E-state index contributed by atoms with van der Waals surface area (Å²) in [5.41, 5.74) is 5.49. The molecule has 1 amide bonds.